The molecule has 3 aromatic rings. The summed E-state index contributed by atoms with van der Waals surface area (Å²) in [5.41, 5.74) is 2.48. The minimum atomic E-state index is -0.396. The number of fused-ring (bicyclic) bond motifs is 1. The Bertz CT molecular complexity index is 1160. The fraction of sp³-hybridized carbons (Fsp3) is 0.120. The minimum absolute atomic E-state index is 0.0196. The van der Waals surface area contributed by atoms with Crippen molar-refractivity contribution in [3.05, 3.63) is 95.6 Å². The van der Waals surface area contributed by atoms with Gasteiger partial charge in [-0.1, -0.05) is 42.5 Å². The predicted molar refractivity (Wildman–Crippen MR) is 128 cm³/mol. The van der Waals surface area contributed by atoms with E-state index in [1.165, 1.54) is 0 Å². The zero-order valence-corrected chi connectivity index (χ0v) is 18.4. The van der Waals surface area contributed by atoms with Crippen molar-refractivity contribution >= 4 is 40.7 Å². The molecule has 166 valence electrons. The molecule has 0 aliphatic carbocycles. The van der Waals surface area contributed by atoms with Crippen LogP contribution in [-0.2, 0) is 11.4 Å². The molecule has 3 amide bonds. The summed E-state index contributed by atoms with van der Waals surface area (Å²) in [6, 6.07) is 23.7. The van der Waals surface area contributed by atoms with Crippen molar-refractivity contribution in [1.82, 2.24) is 10.2 Å². The molecule has 1 aliphatic rings. The van der Waals surface area contributed by atoms with E-state index < -0.39 is 17.7 Å². The van der Waals surface area contributed by atoms with Gasteiger partial charge < -0.3 is 15.4 Å². The first-order valence-corrected chi connectivity index (χ1v) is 10.7. The van der Waals surface area contributed by atoms with Crippen molar-refractivity contribution in [1.29, 1.82) is 0 Å². The molecule has 0 saturated heterocycles. The molecular weight excluding hydrogens is 438 g/mol. The Hall–Kier alpha value is -4.04. The van der Waals surface area contributed by atoms with Crippen LogP contribution in [0.1, 0.15) is 32.7 Å². The highest BCUT2D eigenvalue weighted by Crippen LogP contribution is 2.22. The van der Waals surface area contributed by atoms with Crippen molar-refractivity contribution in [3.8, 4) is 5.75 Å². The molecule has 8 heteroatoms. The van der Waals surface area contributed by atoms with Gasteiger partial charge in [0.15, 0.2) is 5.11 Å². The van der Waals surface area contributed by atoms with Crippen LogP contribution in [0.4, 0.5) is 5.69 Å². The number of rotatable bonds is 7. The summed E-state index contributed by atoms with van der Waals surface area (Å²) >= 11 is 5.19. The second kappa shape index (κ2) is 10.1. The molecule has 0 radical (unpaired) electrons. The number of anilines is 1. The Morgan fingerprint density at radius 1 is 0.848 bits per heavy atom. The predicted octanol–water partition coefficient (Wildman–Crippen LogP) is 3.76. The summed E-state index contributed by atoms with van der Waals surface area (Å²) in [6.45, 7) is 0.448. The summed E-state index contributed by atoms with van der Waals surface area (Å²) in [7, 11) is 0. The van der Waals surface area contributed by atoms with Crippen LogP contribution in [0.5, 0.6) is 5.75 Å². The van der Waals surface area contributed by atoms with Crippen LogP contribution in [0.25, 0.3) is 0 Å². The number of nitrogens with one attached hydrogen (secondary N) is 2. The van der Waals surface area contributed by atoms with Crippen molar-refractivity contribution < 1.29 is 19.1 Å². The quantitative estimate of drug-likeness (QED) is 0.413. The van der Waals surface area contributed by atoms with E-state index in [0.717, 1.165) is 10.5 Å². The zero-order chi connectivity index (χ0) is 23.2. The molecule has 33 heavy (non-hydrogen) atoms. The van der Waals surface area contributed by atoms with Gasteiger partial charge in [-0.2, -0.15) is 0 Å². The number of ether oxygens (including phenoxy) is 1. The highest BCUT2D eigenvalue weighted by Gasteiger charge is 2.34. The average Bonchev–Trinajstić information content (AvgIpc) is 3.07. The molecule has 0 saturated carbocycles. The van der Waals surface area contributed by atoms with Gasteiger partial charge in [0.25, 0.3) is 11.8 Å². The summed E-state index contributed by atoms with van der Waals surface area (Å²) in [6.07, 6.45) is -0.0560. The monoisotopic (exact) mass is 459 g/mol. The topological polar surface area (TPSA) is 87.7 Å². The third-order valence-electron chi connectivity index (χ3n) is 5.05. The van der Waals surface area contributed by atoms with Gasteiger partial charge in [-0.15, -0.1) is 0 Å². The van der Waals surface area contributed by atoms with E-state index in [1.54, 1.807) is 48.5 Å². The first-order valence-electron chi connectivity index (χ1n) is 10.3. The van der Waals surface area contributed by atoms with E-state index in [1.807, 2.05) is 30.3 Å². The van der Waals surface area contributed by atoms with Gasteiger partial charge in [0.05, 0.1) is 11.1 Å². The number of carbonyl (C=O) groups excluding carboxylic acids is 3. The third kappa shape index (κ3) is 5.42. The number of amides is 3. The fourth-order valence-electron chi connectivity index (χ4n) is 3.38. The molecule has 4 rings (SSSR count). The van der Waals surface area contributed by atoms with E-state index in [2.05, 4.69) is 10.6 Å². The number of imide groups is 1. The van der Waals surface area contributed by atoms with Crippen LogP contribution in [0, 0.1) is 0 Å². The van der Waals surface area contributed by atoms with Crippen molar-refractivity contribution in [3.63, 3.8) is 0 Å². The van der Waals surface area contributed by atoms with Gasteiger partial charge in [0.1, 0.15) is 12.4 Å². The largest absolute Gasteiger partial charge is 0.489 e. The summed E-state index contributed by atoms with van der Waals surface area (Å²) in [5.74, 6) is -0.468. The van der Waals surface area contributed by atoms with Crippen LogP contribution in [0.2, 0.25) is 0 Å². The maximum absolute atomic E-state index is 12.4. The molecule has 3 aromatic carbocycles. The number of benzene rings is 3. The van der Waals surface area contributed by atoms with Crippen molar-refractivity contribution in [2.24, 2.45) is 0 Å². The number of hydrogen-bond acceptors (Lipinski definition) is 5. The molecule has 0 unspecified atom stereocenters. The normalized spacial score (nSPS) is 12.3. The summed E-state index contributed by atoms with van der Waals surface area (Å²) < 4.78 is 5.75. The maximum atomic E-state index is 12.4. The molecule has 7 nitrogen and oxygen atoms in total. The Kier molecular flexibility index (Phi) is 6.75. The number of nitrogens with zero attached hydrogens (tertiary/aromatic N) is 1. The lowest BCUT2D eigenvalue weighted by Crippen LogP contribution is -2.38. The maximum Gasteiger partial charge on any atom is 0.261 e. The van der Waals surface area contributed by atoms with Crippen molar-refractivity contribution in [2.75, 3.05) is 11.9 Å². The van der Waals surface area contributed by atoms with Crippen LogP contribution in [0.15, 0.2) is 78.9 Å². The molecule has 1 aliphatic heterocycles. The number of carbonyl (C=O) groups is 3. The van der Waals surface area contributed by atoms with E-state index in [9.17, 15) is 14.4 Å². The van der Waals surface area contributed by atoms with E-state index >= 15 is 0 Å². The van der Waals surface area contributed by atoms with Crippen molar-refractivity contribution in [2.45, 2.75) is 13.0 Å². The highest BCUT2D eigenvalue weighted by atomic mass is 32.1. The lowest BCUT2D eigenvalue weighted by Gasteiger charge is -2.14. The average molecular weight is 460 g/mol. The van der Waals surface area contributed by atoms with Gasteiger partial charge in [0.2, 0.25) is 5.91 Å². The van der Waals surface area contributed by atoms with Gasteiger partial charge in [0, 0.05) is 18.7 Å². The zero-order valence-electron chi connectivity index (χ0n) is 17.6. The molecule has 0 fully saturated rings. The molecule has 0 atom stereocenters. The van der Waals surface area contributed by atoms with Crippen LogP contribution >= 0.6 is 12.2 Å². The second-order valence-corrected chi connectivity index (χ2v) is 7.77. The molecule has 2 N–H and O–H groups in total. The Balaban J connectivity index is 1.22. The first kappa shape index (κ1) is 22.2. The van der Waals surface area contributed by atoms with E-state index in [4.69, 9.17) is 17.0 Å². The molecule has 0 bridgehead atoms. The lowest BCUT2D eigenvalue weighted by molar-refractivity contribution is -0.119. The molecule has 0 spiro atoms. The fourth-order valence-corrected chi connectivity index (χ4v) is 3.61. The summed E-state index contributed by atoms with van der Waals surface area (Å²) in [4.78, 5) is 38.1. The van der Waals surface area contributed by atoms with E-state index in [0.29, 0.717) is 29.2 Å². The Labute approximate surface area is 196 Å². The Morgan fingerprint density at radius 2 is 1.45 bits per heavy atom. The number of hydrogen-bond donors (Lipinski definition) is 2. The molecule has 1 heterocycles. The highest BCUT2D eigenvalue weighted by molar-refractivity contribution is 7.80. The lowest BCUT2D eigenvalue weighted by atomic mass is 10.1. The van der Waals surface area contributed by atoms with E-state index in [-0.39, 0.29) is 18.1 Å². The standard InChI is InChI=1S/C25H21N3O4S/c29-22(14-15-28-23(30)20-8-4-5-9-21(20)24(28)31)27-25(33)26-18-10-12-19(13-11-18)32-16-17-6-2-1-3-7-17/h1-13H,14-16H2,(H2,26,27,29,33). The number of thiocarbonyl (C=S) groups is 1. The summed E-state index contributed by atoms with van der Waals surface area (Å²) in [5, 5.41) is 5.62. The van der Waals surface area contributed by atoms with Gasteiger partial charge in [-0.3, -0.25) is 19.3 Å². The van der Waals surface area contributed by atoms with Gasteiger partial charge in [-0.25, -0.2) is 0 Å². The van der Waals surface area contributed by atoms with Gasteiger partial charge in [-0.05, 0) is 54.2 Å². The van der Waals surface area contributed by atoms with Gasteiger partial charge >= 0.3 is 0 Å². The second-order valence-electron chi connectivity index (χ2n) is 7.36. The minimum Gasteiger partial charge on any atom is -0.489 e. The Morgan fingerprint density at radius 3 is 2.09 bits per heavy atom. The first-order chi connectivity index (χ1) is 16.0. The third-order valence-corrected chi connectivity index (χ3v) is 5.26. The van der Waals surface area contributed by atoms with Crippen LogP contribution in [0.3, 0.4) is 0 Å². The van der Waals surface area contributed by atoms with Crippen LogP contribution in [-0.4, -0.2) is 34.3 Å². The smallest absolute Gasteiger partial charge is 0.261 e. The molecule has 0 aromatic heterocycles. The molecular formula is C25H21N3O4S. The van der Waals surface area contributed by atoms with Crippen LogP contribution < -0.4 is 15.4 Å². The SMILES string of the molecule is O=C(CCN1C(=O)c2ccccc2C1=O)NC(=S)Nc1ccc(OCc2ccccc2)cc1.